The van der Waals surface area contributed by atoms with E-state index in [1.54, 1.807) is 12.1 Å². The first-order valence-electron chi connectivity index (χ1n) is 8.36. The standard InChI is InChI=1S/C20H19ClN2O2S/c1-3-13(2)25-17-11-7-4-8-14(17)12-18-19(24)23-20(26-18)22-16-10-6-5-9-15(16)21/h4-13H,3H2,1-2H3,(H,22,23,24)/b18-12-/t13-/m1/s1. The summed E-state index contributed by atoms with van der Waals surface area (Å²) in [5, 5.41) is 3.83. The molecular weight excluding hydrogens is 368 g/mol. The summed E-state index contributed by atoms with van der Waals surface area (Å²) in [4.78, 5) is 17.3. The van der Waals surface area contributed by atoms with Crippen molar-refractivity contribution in [3.8, 4) is 5.75 Å². The fourth-order valence-corrected chi connectivity index (χ4v) is 3.28. The van der Waals surface area contributed by atoms with Crippen molar-refractivity contribution in [3.05, 3.63) is 64.0 Å². The van der Waals surface area contributed by atoms with Crippen molar-refractivity contribution < 1.29 is 9.53 Å². The minimum absolute atomic E-state index is 0.108. The number of carbonyl (C=O) groups excluding carboxylic acids is 1. The van der Waals surface area contributed by atoms with Gasteiger partial charge in [0.1, 0.15) is 5.75 Å². The van der Waals surface area contributed by atoms with Crippen LogP contribution < -0.4 is 10.1 Å². The van der Waals surface area contributed by atoms with E-state index in [4.69, 9.17) is 16.3 Å². The fraction of sp³-hybridized carbons (Fsp3) is 0.200. The molecule has 1 N–H and O–H groups in total. The van der Waals surface area contributed by atoms with Gasteiger partial charge in [-0.2, -0.15) is 0 Å². The number of ether oxygens (including phenoxy) is 1. The van der Waals surface area contributed by atoms with Gasteiger partial charge in [-0.05, 0) is 49.4 Å². The van der Waals surface area contributed by atoms with Gasteiger partial charge >= 0.3 is 0 Å². The molecule has 1 aliphatic rings. The first-order chi connectivity index (χ1) is 12.6. The number of hydrogen-bond donors (Lipinski definition) is 1. The number of nitrogens with one attached hydrogen (secondary N) is 1. The molecule has 1 heterocycles. The molecule has 0 spiro atoms. The molecule has 2 aromatic rings. The SMILES string of the molecule is CC[C@@H](C)Oc1ccccc1/C=C1\SC(=Nc2ccccc2Cl)NC1=O. The summed E-state index contributed by atoms with van der Waals surface area (Å²) in [6.45, 7) is 4.10. The van der Waals surface area contributed by atoms with E-state index < -0.39 is 0 Å². The van der Waals surface area contributed by atoms with E-state index in [0.717, 1.165) is 17.7 Å². The van der Waals surface area contributed by atoms with Gasteiger partial charge in [-0.25, -0.2) is 4.99 Å². The van der Waals surface area contributed by atoms with Gasteiger partial charge < -0.3 is 10.1 Å². The van der Waals surface area contributed by atoms with Crippen molar-refractivity contribution in [2.75, 3.05) is 0 Å². The third kappa shape index (κ3) is 4.48. The van der Waals surface area contributed by atoms with E-state index in [1.807, 2.05) is 49.4 Å². The molecule has 134 valence electrons. The maximum atomic E-state index is 12.3. The quantitative estimate of drug-likeness (QED) is 0.699. The van der Waals surface area contributed by atoms with Crippen LogP contribution in [0.4, 0.5) is 5.69 Å². The highest BCUT2D eigenvalue weighted by Crippen LogP contribution is 2.32. The predicted octanol–water partition coefficient (Wildman–Crippen LogP) is 5.41. The molecule has 0 saturated carbocycles. The lowest BCUT2D eigenvalue weighted by molar-refractivity contribution is -0.115. The van der Waals surface area contributed by atoms with E-state index in [1.165, 1.54) is 11.8 Å². The molecule has 1 fully saturated rings. The van der Waals surface area contributed by atoms with Crippen LogP contribution in [-0.4, -0.2) is 17.2 Å². The lowest BCUT2D eigenvalue weighted by Crippen LogP contribution is -2.19. The van der Waals surface area contributed by atoms with Crippen LogP contribution >= 0.6 is 23.4 Å². The lowest BCUT2D eigenvalue weighted by atomic mass is 10.1. The Hall–Kier alpha value is -2.24. The number of rotatable bonds is 5. The third-order valence-electron chi connectivity index (χ3n) is 3.83. The highest BCUT2D eigenvalue weighted by Gasteiger charge is 2.24. The van der Waals surface area contributed by atoms with Crippen molar-refractivity contribution >= 4 is 46.2 Å². The Morgan fingerprint density at radius 3 is 2.73 bits per heavy atom. The van der Waals surface area contributed by atoms with Crippen LogP contribution in [0.5, 0.6) is 5.75 Å². The van der Waals surface area contributed by atoms with Gasteiger partial charge in [-0.1, -0.05) is 48.9 Å². The molecule has 0 unspecified atom stereocenters. The summed E-state index contributed by atoms with van der Waals surface area (Å²) in [6.07, 6.45) is 2.85. The number of nitrogens with zero attached hydrogens (tertiary/aromatic N) is 1. The average molecular weight is 387 g/mol. The molecule has 1 atom stereocenters. The van der Waals surface area contributed by atoms with Gasteiger partial charge in [0, 0.05) is 5.56 Å². The Labute approximate surface area is 162 Å². The second-order valence-corrected chi connectivity index (χ2v) is 7.25. The largest absolute Gasteiger partial charge is 0.490 e. The zero-order chi connectivity index (χ0) is 18.5. The molecule has 3 rings (SSSR count). The van der Waals surface area contributed by atoms with Gasteiger partial charge in [-0.15, -0.1) is 0 Å². The van der Waals surface area contributed by atoms with Crippen molar-refractivity contribution in [3.63, 3.8) is 0 Å². The minimum atomic E-state index is -0.181. The highest BCUT2D eigenvalue weighted by molar-refractivity contribution is 8.18. The normalized spacial score (nSPS) is 18.2. The third-order valence-corrected chi connectivity index (χ3v) is 5.06. The van der Waals surface area contributed by atoms with Crippen LogP contribution in [0.1, 0.15) is 25.8 Å². The zero-order valence-corrected chi connectivity index (χ0v) is 16.1. The number of thioether (sulfide) groups is 1. The number of para-hydroxylation sites is 2. The van der Waals surface area contributed by atoms with Gasteiger partial charge in [-0.3, -0.25) is 4.79 Å². The molecule has 4 nitrogen and oxygen atoms in total. The summed E-state index contributed by atoms with van der Waals surface area (Å²) in [6, 6.07) is 15.0. The number of aliphatic imine (C=N–C) groups is 1. The first-order valence-corrected chi connectivity index (χ1v) is 9.56. The van der Waals surface area contributed by atoms with Gasteiger partial charge in [0.2, 0.25) is 0 Å². The van der Waals surface area contributed by atoms with Crippen molar-refractivity contribution in [2.45, 2.75) is 26.4 Å². The van der Waals surface area contributed by atoms with E-state index in [0.29, 0.717) is 20.8 Å². The molecule has 0 aromatic heterocycles. The summed E-state index contributed by atoms with van der Waals surface area (Å²) < 4.78 is 5.95. The molecule has 0 aliphatic carbocycles. The van der Waals surface area contributed by atoms with E-state index >= 15 is 0 Å². The molecule has 1 aliphatic heterocycles. The molecule has 0 radical (unpaired) electrons. The molecule has 6 heteroatoms. The topological polar surface area (TPSA) is 50.7 Å². The molecule has 1 amide bonds. The van der Waals surface area contributed by atoms with Crippen LogP contribution in [-0.2, 0) is 4.79 Å². The number of amides is 1. The van der Waals surface area contributed by atoms with Crippen LogP contribution in [0.3, 0.4) is 0 Å². The maximum absolute atomic E-state index is 12.3. The lowest BCUT2D eigenvalue weighted by Gasteiger charge is -2.14. The van der Waals surface area contributed by atoms with Crippen molar-refractivity contribution in [1.82, 2.24) is 5.32 Å². The van der Waals surface area contributed by atoms with Crippen LogP contribution in [0.2, 0.25) is 5.02 Å². The Morgan fingerprint density at radius 2 is 1.96 bits per heavy atom. The smallest absolute Gasteiger partial charge is 0.264 e. The molecule has 2 aromatic carbocycles. The zero-order valence-electron chi connectivity index (χ0n) is 14.5. The van der Waals surface area contributed by atoms with Crippen LogP contribution in [0.25, 0.3) is 6.08 Å². The molecule has 0 bridgehead atoms. The first kappa shape index (κ1) is 18.5. The number of benzene rings is 2. The van der Waals surface area contributed by atoms with Gasteiger partial charge in [0.15, 0.2) is 5.17 Å². The fourth-order valence-electron chi connectivity index (χ4n) is 2.28. The highest BCUT2D eigenvalue weighted by atomic mass is 35.5. The summed E-state index contributed by atoms with van der Waals surface area (Å²) in [5.41, 5.74) is 1.49. The van der Waals surface area contributed by atoms with Crippen molar-refractivity contribution in [2.24, 2.45) is 4.99 Å². The Bertz CT molecular complexity index is 880. The number of halogens is 1. The van der Waals surface area contributed by atoms with E-state index in [-0.39, 0.29) is 12.0 Å². The average Bonchev–Trinajstić information content (AvgIpc) is 2.97. The maximum Gasteiger partial charge on any atom is 0.264 e. The molecular formula is C20H19ClN2O2S. The monoisotopic (exact) mass is 386 g/mol. The summed E-state index contributed by atoms with van der Waals surface area (Å²) >= 11 is 7.41. The van der Waals surface area contributed by atoms with E-state index in [2.05, 4.69) is 17.2 Å². The van der Waals surface area contributed by atoms with Crippen molar-refractivity contribution in [1.29, 1.82) is 0 Å². The molecule has 1 saturated heterocycles. The summed E-state index contributed by atoms with van der Waals surface area (Å²) in [5.74, 6) is 0.582. The summed E-state index contributed by atoms with van der Waals surface area (Å²) in [7, 11) is 0. The number of amidine groups is 1. The van der Waals surface area contributed by atoms with E-state index in [9.17, 15) is 4.79 Å². The Morgan fingerprint density at radius 1 is 1.23 bits per heavy atom. The number of carbonyl (C=O) groups is 1. The molecule has 26 heavy (non-hydrogen) atoms. The number of hydrogen-bond acceptors (Lipinski definition) is 4. The van der Waals surface area contributed by atoms with Gasteiger partial charge in [0.05, 0.1) is 21.7 Å². The second kappa shape index (κ2) is 8.43. The second-order valence-electron chi connectivity index (χ2n) is 5.81. The minimum Gasteiger partial charge on any atom is -0.490 e. The van der Waals surface area contributed by atoms with Crippen LogP contribution in [0.15, 0.2) is 58.4 Å². The van der Waals surface area contributed by atoms with Gasteiger partial charge in [0.25, 0.3) is 5.91 Å². The predicted molar refractivity (Wildman–Crippen MR) is 109 cm³/mol. The van der Waals surface area contributed by atoms with Crippen LogP contribution in [0, 0.1) is 0 Å². The Balaban J connectivity index is 1.85. The Kier molecular flexibility index (Phi) is 6.01.